The smallest absolute Gasteiger partial charge is 0.318 e. The quantitative estimate of drug-likeness (QED) is 0.103. The Kier molecular flexibility index (Phi) is 12.2. The maximum Gasteiger partial charge on any atom is 0.318 e. The first kappa shape index (κ1) is 39.9. The summed E-state index contributed by atoms with van der Waals surface area (Å²) < 4.78 is 0. The van der Waals surface area contributed by atoms with Gasteiger partial charge >= 0.3 is 6.03 Å². The fraction of sp³-hybridized carbons (Fsp3) is 0.333. The highest BCUT2D eigenvalue weighted by Crippen LogP contribution is 2.59. The minimum absolute atomic E-state index is 0.0680. The number of urea groups is 1. The van der Waals surface area contributed by atoms with E-state index in [2.05, 4.69) is 49.5 Å². The maximum atomic E-state index is 14.7. The fourth-order valence-corrected chi connectivity index (χ4v) is 9.22. The number of nitrogens with zero attached hydrogens (tertiary/aromatic N) is 1. The van der Waals surface area contributed by atoms with Crippen LogP contribution in [-0.4, -0.2) is 45.2 Å². The minimum atomic E-state index is -1.26. The van der Waals surface area contributed by atoms with Crippen LogP contribution < -0.4 is 5.32 Å². The van der Waals surface area contributed by atoms with Gasteiger partial charge < -0.3 is 20.4 Å². The van der Waals surface area contributed by atoms with Crippen molar-refractivity contribution < 1.29 is 19.8 Å². The Morgan fingerprint density at radius 2 is 1.47 bits per heavy atom. The number of aliphatic hydroxyl groups excluding tert-OH is 1. The van der Waals surface area contributed by atoms with E-state index in [1.165, 1.54) is 5.57 Å². The van der Waals surface area contributed by atoms with Gasteiger partial charge in [-0.2, -0.15) is 0 Å². The van der Waals surface area contributed by atoms with Crippen molar-refractivity contribution in [3.8, 4) is 11.1 Å². The molecule has 0 saturated heterocycles. The van der Waals surface area contributed by atoms with Crippen molar-refractivity contribution >= 4 is 11.8 Å². The monoisotopic (exact) mass is 760 g/mol. The summed E-state index contributed by atoms with van der Waals surface area (Å²) in [4.78, 5) is 30.8. The summed E-state index contributed by atoms with van der Waals surface area (Å²) in [7, 11) is 0. The molecule has 3 aliphatic rings. The Hall–Kier alpha value is -5.30. The molecular formula is C51H56N2O4. The predicted molar refractivity (Wildman–Crippen MR) is 229 cm³/mol. The van der Waals surface area contributed by atoms with Crippen molar-refractivity contribution in [3.63, 3.8) is 0 Å². The predicted octanol–water partition coefficient (Wildman–Crippen LogP) is 10.6. The first-order valence-corrected chi connectivity index (χ1v) is 20.6. The zero-order chi connectivity index (χ0) is 40.0. The molecular weight excluding hydrogens is 705 g/mol. The SMILES string of the molecule is CC1=CCC[C@@]2(C)[C@@H](CC[C@@]2(O)CN(Cc2ccccc2)C(=O)N[C@H](C)c2ccccc2)c2ccc(cc2C(=O)c2ccc(-c3ccccc3)cc2)C[C@@H](O)CC1. The van der Waals surface area contributed by atoms with Crippen LogP contribution in [0.25, 0.3) is 11.1 Å². The third kappa shape index (κ3) is 8.98. The highest BCUT2D eigenvalue weighted by molar-refractivity contribution is 6.10. The number of benzene rings is 5. The summed E-state index contributed by atoms with van der Waals surface area (Å²) in [5, 5.41) is 27.5. The molecule has 3 N–H and O–H groups in total. The van der Waals surface area contributed by atoms with Gasteiger partial charge in [-0.25, -0.2) is 4.79 Å². The molecule has 0 aliphatic heterocycles. The van der Waals surface area contributed by atoms with Crippen LogP contribution in [0.2, 0.25) is 0 Å². The molecule has 0 spiro atoms. The van der Waals surface area contributed by atoms with Crippen molar-refractivity contribution in [1.29, 1.82) is 0 Å². The summed E-state index contributed by atoms with van der Waals surface area (Å²) in [6.45, 7) is 6.76. The lowest BCUT2D eigenvalue weighted by Crippen LogP contribution is -2.55. The van der Waals surface area contributed by atoms with E-state index in [0.29, 0.717) is 49.8 Å². The standard InChI is InChI=1S/C51H56N2O4/c1-36-14-13-30-50(3)47(29-31-51(50,57)35-53(34-38-15-7-4-8-16-38)49(56)52-37(2)40-17-9-5-10-18-40)45-28-22-39(32-44(54)27-21-36)33-46(45)48(55)43-25-23-42(24-26-43)41-19-11-6-12-20-41/h4-12,14-20,22-26,28,33,37,44,47,54,57H,13,21,27,29-32,34-35H2,1-3H3,(H,52,56)/t37-,44+,47+,50+,51-/m1/s1. The average molecular weight is 761 g/mol. The van der Waals surface area contributed by atoms with Crippen molar-refractivity contribution in [2.45, 2.75) is 95.9 Å². The van der Waals surface area contributed by atoms with Gasteiger partial charge in [-0.1, -0.05) is 146 Å². The molecule has 0 aromatic heterocycles. The zero-order valence-electron chi connectivity index (χ0n) is 33.5. The lowest BCUT2D eigenvalue weighted by molar-refractivity contribution is -0.0781. The number of amides is 2. The number of carbonyl (C=O) groups excluding carboxylic acids is 2. The molecule has 1 fully saturated rings. The van der Waals surface area contributed by atoms with Gasteiger partial charge in [-0.15, -0.1) is 0 Å². The Morgan fingerprint density at radius 3 is 2.18 bits per heavy atom. The summed E-state index contributed by atoms with van der Waals surface area (Å²) in [5.41, 5.74) is 6.44. The number of rotatable bonds is 9. The van der Waals surface area contributed by atoms with E-state index in [1.54, 1.807) is 4.90 Å². The molecule has 0 radical (unpaired) electrons. The molecule has 5 aromatic carbocycles. The molecule has 1 saturated carbocycles. The Balaban J connectivity index is 1.26. The lowest BCUT2D eigenvalue weighted by Gasteiger charge is -2.46. The van der Waals surface area contributed by atoms with Crippen LogP contribution in [0.5, 0.6) is 0 Å². The van der Waals surface area contributed by atoms with Crippen LogP contribution >= 0.6 is 0 Å². The molecule has 5 atom stereocenters. The lowest BCUT2D eigenvalue weighted by atomic mass is 9.64. The minimum Gasteiger partial charge on any atom is -0.393 e. The second-order valence-electron chi connectivity index (χ2n) is 16.6. The number of ketones is 1. The van der Waals surface area contributed by atoms with Crippen LogP contribution in [0.3, 0.4) is 0 Å². The Bertz CT molecular complexity index is 2170. The van der Waals surface area contributed by atoms with Crippen molar-refractivity contribution in [1.82, 2.24) is 10.2 Å². The number of hydrogen-bond acceptors (Lipinski definition) is 4. The largest absolute Gasteiger partial charge is 0.393 e. The highest BCUT2D eigenvalue weighted by Gasteiger charge is 2.57. The highest BCUT2D eigenvalue weighted by atomic mass is 16.3. The van der Waals surface area contributed by atoms with Gasteiger partial charge in [-0.3, -0.25) is 4.79 Å². The third-order valence-corrected chi connectivity index (χ3v) is 12.8. The van der Waals surface area contributed by atoms with Gasteiger partial charge in [0.05, 0.1) is 24.3 Å². The topological polar surface area (TPSA) is 89.9 Å². The summed E-state index contributed by atoms with van der Waals surface area (Å²) in [6, 6.07) is 43.5. The van der Waals surface area contributed by atoms with E-state index in [4.69, 9.17) is 0 Å². The van der Waals surface area contributed by atoms with E-state index in [1.807, 2.05) is 116 Å². The summed E-state index contributed by atoms with van der Waals surface area (Å²) in [5.74, 6) is -0.230. The van der Waals surface area contributed by atoms with Crippen LogP contribution in [0.15, 0.2) is 145 Å². The maximum absolute atomic E-state index is 14.7. The van der Waals surface area contributed by atoms with Gasteiger partial charge in [0.2, 0.25) is 0 Å². The first-order chi connectivity index (χ1) is 27.5. The third-order valence-electron chi connectivity index (χ3n) is 12.8. The Labute approximate surface area is 338 Å². The molecule has 57 heavy (non-hydrogen) atoms. The Morgan fingerprint density at radius 1 is 0.825 bits per heavy atom. The van der Waals surface area contributed by atoms with Crippen molar-refractivity contribution in [2.24, 2.45) is 5.41 Å². The van der Waals surface area contributed by atoms with Crippen molar-refractivity contribution in [2.75, 3.05) is 6.54 Å². The van der Waals surface area contributed by atoms with Crippen LogP contribution in [0.4, 0.5) is 4.79 Å². The van der Waals surface area contributed by atoms with E-state index < -0.39 is 17.1 Å². The van der Waals surface area contributed by atoms with Gasteiger partial charge in [0.1, 0.15) is 0 Å². The van der Waals surface area contributed by atoms with Crippen LogP contribution in [-0.2, 0) is 13.0 Å². The summed E-state index contributed by atoms with van der Waals surface area (Å²) in [6.07, 6.45) is 6.11. The van der Waals surface area contributed by atoms with E-state index in [-0.39, 0.29) is 30.3 Å². The number of carbonyl (C=O) groups is 2. The number of allylic oxidation sites excluding steroid dienone is 2. The zero-order valence-corrected chi connectivity index (χ0v) is 33.5. The molecule has 8 rings (SSSR count). The normalized spacial score (nSPS) is 22.8. The molecule has 2 bridgehead atoms. The summed E-state index contributed by atoms with van der Waals surface area (Å²) >= 11 is 0. The number of nitrogens with one attached hydrogen (secondary N) is 1. The van der Waals surface area contributed by atoms with E-state index in [0.717, 1.165) is 46.2 Å². The van der Waals surface area contributed by atoms with Gasteiger partial charge in [-0.05, 0) is 104 Å². The number of aliphatic hydroxyl groups is 2. The number of hydrogen-bond donors (Lipinski definition) is 3. The molecule has 5 aromatic rings. The molecule has 3 aliphatic carbocycles. The fourth-order valence-electron chi connectivity index (χ4n) is 9.22. The van der Waals surface area contributed by atoms with Crippen molar-refractivity contribution in [3.05, 3.63) is 178 Å². The van der Waals surface area contributed by atoms with Crippen LogP contribution in [0, 0.1) is 5.41 Å². The molecule has 0 unspecified atom stereocenters. The molecule has 2 amide bonds. The average Bonchev–Trinajstić information content (AvgIpc) is 3.48. The second-order valence-corrected chi connectivity index (χ2v) is 16.6. The number of fused-ring (bicyclic) bond motifs is 8. The van der Waals surface area contributed by atoms with Gasteiger partial charge in [0, 0.05) is 23.1 Å². The molecule has 6 nitrogen and oxygen atoms in total. The van der Waals surface area contributed by atoms with Crippen LogP contribution in [0.1, 0.15) is 109 Å². The van der Waals surface area contributed by atoms with Gasteiger partial charge in [0.25, 0.3) is 0 Å². The van der Waals surface area contributed by atoms with E-state index in [9.17, 15) is 19.8 Å². The molecule has 0 heterocycles. The second kappa shape index (κ2) is 17.5. The molecule has 294 valence electrons. The molecule has 6 heteroatoms. The van der Waals surface area contributed by atoms with E-state index >= 15 is 0 Å². The van der Waals surface area contributed by atoms with Gasteiger partial charge in [0.15, 0.2) is 5.78 Å². The first-order valence-electron chi connectivity index (χ1n) is 20.6.